The molecule has 1 heterocycles. The zero-order valence-corrected chi connectivity index (χ0v) is 11.4. The molecular formula is C12H18N2O3S. The van der Waals surface area contributed by atoms with Crippen LogP contribution in [0.3, 0.4) is 0 Å². The molecule has 0 saturated heterocycles. The van der Waals surface area contributed by atoms with Crippen molar-refractivity contribution in [2.24, 2.45) is 0 Å². The standard InChI is InChI=1S/C12H18N2O3S/c1-9(8-10-4-3-7-18-10)13-12(17)14(2)6-5-11(15)16/h3-4,7,9H,5-6,8H2,1-2H3,(H,13,17)(H,15,16). The third-order valence-electron chi connectivity index (χ3n) is 2.47. The number of carbonyl (C=O) groups is 2. The van der Waals surface area contributed by atoms with Crippen LogP contribution in [0.25, 0.3) is 0 Å². The van der Waals surface area contributed by atoms with Crippen LogP contribution < -0.4 is 5.32 Å². The SMILES string of the molecule is CC(Cc1cccs1)NC(=O)N(C)CCC(=O)O. The number of nitrogens with zero attached hydrogens (tertiary/aromatic N) is 1. The maximum atomic E-state index is 11.7. The molecule has 0 saturated carbocycles. The summed E-state index contributed by atoms with van der Waals surface area (Å²) in [5, 5.41) is 13.4. The number of nitrogens with one attached hydrogen (secondary N) is 1. The molecule has 1 atom stereocenters. The minimum atomic E-state index is -0.902. The summed E-state index contributed by atoms with van der Waals surface area (Å²) in [6.07, 6.45) is 0.749. The Bertz CT molecular complexity index is 392. The van der Waals surface area contributed by atoms with Gasteiger partial charge in [-0.15, -0.1) is 11.3 Å². The van der Waals surface area contributed by atoms with Gasteiger partial charge in [0.1, 0.15) is 0 Å². The van der Waals surface area contributed by atoms with Gasteiger partial charge in [0, 0.05) is 30.9 Å². The van der Waals surface area contributed by atoms with E-state index < -0.39 is 5.97 Å². The van der Waals surface area contributed by atoms with Gasteiger partial charge in [-0.1, -0.05) is 6.07 Å². The molecule has 1 aromatic rings. The fourth-order valence-electron chi connectivity index (χ4n) is 1.47. The summed E-state index contributed by atoms with van der Waals surface area (Å²) < 4.78 is 0. The maximum Gasteiger partial charge on any atom is 0.317 e. The Balaban J connectivity index is 2.32. The van der Waals surface area contributed by atoms with Gasteiger partial charge in [0.15, 0.2) is 0 Å². The molecule has 5 nitrogen and oxygen atoms in total. The van der Waals surface area contributed by atoms with Gasteiger partial charge in [0.25, 0.3) is 0 Å². The largest absolute Gasteiger partial charge is 0.481 e. The van der Waals surface area contributed by atoms with Crippen molar-refractivity contribution in [1.29, 1.82) is 0 Å². The average molecular weight is 270 g/mol. The summed E-state index contributed by atoms with van der Waals surface area (Å²) in [6, 6.07) is 3.80. The summed E-state index contributed by atoms with van der Waals surface area (Å²) in [4.78, 5) is 24.7. The third-order valence-corrected chi connectivity index (χ3v) is 3.36. The molecule has 2 amide bonds. The van der Waals surface area contributed by atoms with Crippen molar-refractivity contribution in [2.75, 3.05) is 13.6 Å². The minimum Gasteiger partial charge on any atom is -0.481 e. The summed E-state index contributed by atoms with van der Waals surface area (Å²) in [5.41, 5.74) is 0. The molecule has 0 fully saturated rings. The number of hydrogen-bond donors (Lipinski definition) is 2. The molecule has 0 bridgehead atoms. The molecule has 0 aromatic carbocycles. The molecule has 1 unspecified atom stereocenters. The zero-order valence-electron chi connectivity index (χ0n) is 10.5. The highest BCUT2D eigenvalue weighted by molar-refractivity contribution is 7.09. The van der Waals surface area contributed by atoms with Crippen LogP contribution in [0.2, 0.25) is 0 Å². The van der Waals surface area contributed by atoms with E-state index in [1.54, 1.807) is 18.4 Å². The summed E-state index contributed by atoms with van der Waals surface area (Å²) >= 11 is 1.66. The number of carboxylic acids is 1. The van der Waals surface area contributed by atoms with Gasteiger partial charge in [-0.2, -0.15) is 0 Å². The smallest absolute Gasteiger partial charge is 0.317 e. The molecule has 0 aliphatic heterocycles. The van der Waals surface area contributed by atoms with Crippen molar-refractivity contribution in [2.45, 2.75) is 25.8 Å². The van der Waals surface area contributed by atoms with Crippen LogP contribution in [-0.4, -0.2) is 41.6 Å². The van der Waals surface area contributed by atoms with Crippen molar-refractivity contribution in [3.8, 4) is 0 Å². The Morgan fingerprint density at radius 3 is 2.83 bits per heavy atom. The quantitative estimate of drug-likeness (QED) is 0.828. The zero-order chi connectivity index (χ0) is 13.5. The molecule has 0 radical (unpaired) electrons. The number of carbonyl (C=O) groups excluding carboxylic acids is 1. The monoisotopic (exact) mass is 270 g/mol. The van der Waals surface area contributed by atoms with E-state index in [-0.39, 0.29) is 25.0 Å². The summed E-state index contributed by atoms with van der Waals surface area (Å²) in [7, 11) is 1.59. The Labute approximate surface area is 110 Å². The second-order valence-electron chi connectivity index (χ2n) is 4.20. The normalized spacial score (nSPS) is 11.9. The topological polar surface area (TPSA) is 69.6 Å². The molecule has 18 heavy (non-hydrogen) atoms. The lowest BCUT2D eigenvalue weighted by atomic mass is 10.2. The Hall–Kier alpha value is -1.56. The van der Waals surface area contributed by atoms with Crippen LogP contribution in [0, 0.1) is 0 Å². The lowest BCUT2D eigenvalue weighted by molar-refractivity contribution is -0.137. The third kappa shape index (κ3) is 5.18. The number of aliphatic carboxylic acids is 1. The Kier molecular flexibility index (Phi) is 5.64. The van der Waals surface area contributed by atoms with Crippen LogP contribution >= 0.6 is 11.3 Å². The van der Waals surface area contributed by atoms with Gasteiger partial charge in [-0.3, -0.25) is 4.79 Å². The second-order valence-corrected chi connectivity index (χ2v) is 5.23. The number of thiophene rings is 1. The van der Waals surface area contributed by atoms with E-state index in [2.05, 4.69) is 5.32 Å². The van der Waals surface area contributed by atoms with Gasteiger partial charge in [-0.25, -0.2) is 4.79 Å². The first-order valence-electron chi connectivity index (χ1n) is 5.75. The Morgan fingerprint density at radius 2 is 2.28 bits per heavy atom. The first kappa shape index (κ1) is 14.5. The highest BCUT2D eigenvalue weighted by Gasteiger charge is 2.13. The van der Waals surface area contributed by atoms with E-state index in [1.807, 2.05) is 24.4 Å². The lowest BCUT2D eigenvalue weighted by Crippen LogP contribution is -2.43. The first-order chi connectivity index (χ1) is 8.49. The van der Waals surface area contributed by atoms with Crippen molar-refractivity contribution in [3.63, 3.8) is 0 Å². The van der Waals surface area contributed by atoms with Gasteiger partial charge in [0.2, 0.25) is 0 Å². The van der Waals surface area contributed by atoms with E-state index in [4.69, 9.17) is 5.11 Å². The molecule has 6 heteroatoms. The number of hydrogen-bond acceptors (Lipinski definition) is 3. The fourth-order valence-corrected chi connectivity index (χ4v) is 2.30. The highest BCUT2D eigenvalue weighted by atomic mass is 32.1. The van der Waals surface area contributed by atoms with E-state index in [0.29, 0.717) is 0 Å². The predicted octanol–water partition coefficient (Wildman–Crippen LogP) is 1.80. The average Bonchev–Trinajstić information content (AvgIpc) is 2.78. The van der Waals surface area contributed by atoms with E-state index in [0.717, 1.165) is 6.42 Å². The number of rotatable bonds is 6. The van der Waals surface area contributed by atoms with Gasteiger partial charge in [0.05, 0.1) is 6.42 Å². The molecule has 1 aromatic heterocycles. The van der Waals surface area contributed by atoms with Gasteiger partial charge in [-0.05, 0) is 18.4 Å². The van der Waals surface area contributed by atoms with Crippen LogP contribution in [0.1, 0.15) is 18.2 Å². The molecule has 2 N–H and O–H groups in total. The van der Waals surface area contributed by atoms with Gasteiger partial charge >= 0.3 is 12.0 Å². The van der Waals surface area contributed by atoms with E-state index in [9.17, 15) is 9.59 Å². The molecule has 0 spiro atoms. The Morgan fingerprint density at radius 1 is 1.56 bits per heavy atom. The van der Waals surface area contributed by atoms with Crippen LogP contribution in [0.15, 0.2) is 17.5 Å². The van der Waals surface area contributed by atoms with Crippen LogP contribution in [0.5, 0.6) is 0 Å². The molecule has 1 rings (SSSR count). The second kappa shape index (κ2) is 7.00. The molecule has 0 aliphatic rings. The first-order valence-corrected chi connectivity index (χ1v) is 6.63. The molecule has 0 aliphatic carbocycles. The van der Waals surface area contributed by atoms with Crippen molar-refractivity contribution in [3.05, 3.63) is 22.4 Å². The summed E-state index contributed by atoms with van der Waals surface area (Å²) in [5.74, 6) is -0.902. The van der Waals surface area contributed by atoms with E-state index in [1.165, 1.54) is 9.78 Å². The number of carboxylic acid groups (broad SMARTS) is 1. The molecule has 100 valence electrons. The minimum absolute atomic E-state index is 0.0310. The summed E-state index contributed by atoms with van der Waals surface area (Å²) in [6.45, 7) is 2.15. The lowest BCUT2D eigenvalue weighted by Gasteiger charge is -2.20. The fraction of sp³-hybridized carbons (Fsp3) is 0.500. The number of amides is 2. The van der Waals surface area contributed by atoms with Crippen LogP contribution in [0.4, 0.5) is 4.79 Å². The maximum absolute atomic E-state index is 11.7. The van der Waals surface area contributed by atoms with Crippen LogP contribution in [-0.2, 0) is 11.2 Å². The number of urea groups is 1. The molecular weight excluding hydrogens is 252 g/mol. The van der Waals surface area contributed by atoms with Gasteiger partial charge < -0.3 is 15.3 Å². The predicted molar refractivity (Wildman–Crippen MR) is 70.9 cm³/mol. The van der Waals surface area contributed by atoms with Crippen molar-refractivity contribution < 1.29 is 14.7 Å². The van der Waals surface area contributed by atoms with E-state index >= 15 is 0 Å². The van der Waals surface area contributed by atoms with Crippen molar-refractivity contribution >= 4 is 23.3 Å². The van der Waals surface area contributed by atoms with Crippen molar-refractivity contribution in [1.82, 2.24) is 10.2 Å². The highest BCUT2D eigenvalue weighted by Crippen LogP contribution is 2.10.